The van der Waals surface area contributed by atoms with Gasteiger partial charge in [-0.3, -0.25) is 4.98 Å². The number of fused-ring (bicyclic) bond motifs is 1. The van der Waals surface area contributed by atoms with Gasteiger partial charge in [-0.1, -0.05) is 24.3 Å². The summed E-state index contributed by atoms with van der Waals surface area (Å²) < 4.78 is 13.3. The van der Waals surface area contributed by atoms with Crippen LogP contribution in [-0.2, 0) is 0 Å². The van der Waals surface area contributed by atoms with Crippen LogP contribution >= 0.6 is 0 Å². The molecule has 0 spiro atoms. The van der Waals surface area contributed by atoms with Gasteiger partial charge in [0.05, 0.1) is 0 Å². The van der Waals surface area contributed by atoms with Crippen molar-refractivity contribution >= 4 is 10.8 Å². The van der Waals surface area contributed by atoms with Crippen LogP contribution in [0.5, 0.6) is 5.75 Å². The summed E-state index contributed by atoms with van der Waals surface area (Å²) in [7, 11) is 0. The second-order valence-corrected chi connectivity index (χ2v) is 4.07. The molecule has 1 heterocycles. The molecule has 2 nitrogen and oxygen atoms in total. The van der Waals surface area contributed by atoms with Gasteiger partial charge in [0.2, 0.25) is 0 Å². The monoisotopic (exact) mass is 239 g/mol. The normalized spacial score (nSPS) is 10.7. The Hall–Kier alpha value is -2.42. The van der Waals surface area contributed by atoms with Crippen molar-refractivity contribution in [3.8, 4) is 16.9 Å². The van der Waals surface area contributed by atoms with Crippen LogP contribution in [0.4, 0.5) is 4.39 Å². The summed E-state index contributed by atoms with van der Waals surface area (Å²) in [5.41, 5.74) is 1.18. The van der Waals surface area contributed by atoms with Gasteiger partial charge in [0, 0.05) is 28.9 Å². The van der Waals surface area contributed by atoms with Crippen LogP contribution in [0.25, 0.3) is 21.9 Å². The number of benzene rings is 2. The summed E-state index contributed by atoms with van der Waals surface area (Å²) in [5.74, 6) is -0.328. The lowest BCUT2D eigenvalue weighted by Gasteiger charge is -2.08. The Balaban J connectivity index is 2.35. The molecule has 18 heavy (non-hydrogen) atoms. The SMILES string of the molecule is Oc1ccc(F)cc1-c1cncc2ccccc12. The fourth-order valence-corrected chi connectivity index (χ4v) is 2.06. The quantitative estimate of drug-likeness (QED) is 0.701. The van der Waals surface area contributed by atoms with Crippen LogP contribution in [-0.4, -0.2) is 10.1 Å². The predicted molar refractivity (Wildman–Crippen MR) is 68.8 cm³/mol. The highest BCUT2D eigenvalue weighted by molar-refractivity contribution is 5.96. The maximum atomic E-state index is 13.3. The molecule has 88 valence electrons. The molecule has 1 N–H and O–H groups in total. The van der Waals surface area contributed by atoms with Crippen molar-refractivity contribution in [2.75, 3.05) is 0 Å². The van der Waals surface area contributed by atoms with Crippen LogP contribution < -0.4 is 0 Å². The van der Waals surface area contributed by atoms with Crippen molar-refractivity contribution in [3.05, 3.63) is 60.7 Å². The number of nitrogens with zero attached hydrogens (tertiary/aromatic N) is 1. The first-order valence-electron chi connectivity index (χ1n) is 5.57. The van der Waals surface area contributed by atoms with Gasteiger partial charge in [0.15, 0.2) is 0 Å². The van der Waals surface area contributed by atoms with Gasteiger partial charge in [0.25, 0.3) is 0 Å². The molecule has 0 aliphatic heterocycles. The number of rotatable bonds is 1. The minimum absolute atomic E-state index is 0.0505. The van der Waals surface area contributed by atoms with Crippen molar-refractivity contribution in [1.82, 2.24) is 4.98 Å². The summed E-state index contributed by atoms with van der Waals surface area (Å²) in [4.78, 5) is 4.13. The Morgan fingerprint density at radius 1 is 0.944 bits per heavy atom. The second kappa shape index (κ2) is 4.11. The molecule has 0 saturated heterocycles. The molecule has 3 heteroatoms. The summed E-state index contributed by atoms with van der Waals surface area (Å²) >= 11 is 0. The first-order valence-corrected chi connectivity index (χ1v) is 5.57. The highest BCUT2D eigenvalue weighted by Crippen LogP contribution is 2.33. The van der Waals surface area contributed by atoms with E-state index in [0.717, 1.165) is 16.3 Å². The van der Waals surface area contributed by atoms with E-state index in [1.807, 2.05) is 24.3 Å². The van der Waals surface area contributed by atoms with Gasteiger partial charge in [-0.2, -0.15) is 0 Å². The van der Waals surface area contributed by atoms with Gasteiger partial charge in [-0.15, -0.1) is 0 Å². The number of aromatic hydroxyl groups is 1. The number of phenols is 1. The van der Waals surface area contributed by atoms with Crippen molar-refractivity contribution in [1.29, 1.82) is 0 Å². The van der Waals surface area contributed by atoms with E-state index < -0.39 is 0 Å². The Morgan fingerprint density at radius 2 is 1.78 bits per heavy atom. The number of hydrogen-bond donors (Lipinski definition) is 1. The lowest BCUT2D eigenvalue weighted by atomic mass is 10.0. The summed E-state index contributed by atoms with van der Waals surface area (Å²) in [5, 5.41) is 11.7. The minimum atomic E-state index is -0.379. The molecule has 0 saturated carbocycles. The van der Waals surface area contributed by atoms with E-state index in [-0.39, 0.29) is 11.6 Å². The molecule has 1 aromatic heterocycles. The molecule has 3 rings (SSSR count). The molecule has 0 fully saturated rings. The minimum Gasteiger partial charge on any atom is -0.507 e. The Labute approximate surface area is 103 Å². The topological polar surface area (TPSA) is 33.1 Å². The molecule has 0 bridgehead atoms. The molecular formula is C15H10FNO. The van der Waals surface area contributed by atoms with E-state index in [2.05, 4.69) is 4.98 Å². The fourth-order valence-electron chi connectivity index (χ4n) is 2.06. The zero-order valence-corrected chi connectivity index (χ0v) is 9.47. The number of pyridine rings is 1. The van der Waals surface area contributed by atoms with Crippen LogP contribution in [0.15, 0.2) is 54.9 Å². The largest absolute Gasteiger partial charge is 0.507 e. The number of hydrogen-bond acceptors (Lipinski definition) is 2. The third-order valence-electron chi connectivity index (χ3n) is 2.92. The Morgan fingerprint density at radius 3 is 2.67 bits per heavy atom. The van der Waals surface area contributed by atoms with E-state index in [9.17, 15) is 9.50 Å². The van der Waals surface area contributed by atoms with Gasteiger partial charge in [-0.05, 0) is 23.6 Å². The molecule has 0 radical (unpaired) electrons. The van der Waals surface area contributed by atoms with E-state index in [1.54, 1.807) is 12.4 Å². The van der Waals surface area contributed by atoms with Crippen molar-refractivity contribution in [2.24, 2.45) is 0 Å². The Bertz CT molecular complexity index is 719. The highest BCUT2D eigenvalue weighted by atomic mass is 19.1. The maximum Gasteiger partial charge on any atom is 0.124 e. The van der Waals surface area contributed by atoms with Gasteiger partial charge in [-0.25, -0.2) is 4.39 Å². The molecule has 3 aromatic rings. The van der Waals surface area contributed by atoms with E-state index in [0.29, 0.717) is 5.56 Å². The molecular weight excluding hydrogens is 229 g/mol. The van der Waals surface area contributed by atoms with Crippen LogP contribution in [0.3, 0.4) is 0 Å². The average Bonchev–Trinajstić information content (AvgIpc) is 2.41. The number of phenolic OH excluding ortho intramolecular Hbond substituents is 1. The van der Waals surface area contributed by atoms with Crippen molar-refractivity contribution in [2.45, 2.75) is 0 Å². The van der Waals surface area contributed by atoms with Gasteiger partial charge < -0.3 is 5.11 Å². The standard InChI is InChI=1S/C15H10FNO/c16-11-5-6-15(18)13(7-11)14-9-17-8-10-3-1-2-4-12(10)14/h1-9,18H. The van der Waals surface area contributed by atoms with E-state index in [4.69, 9.17) is 0 Å². The lowest BCUT2D eigenvalue weighted by molar-refractivity contribution is 0.475. The van der Waals surface area contributed by atoms with Crippen molar-refractivity contribution < 1.29 is 9.50 Å². The zero-order chi connectivity index (χ0) is 12.5. The molecule has 0 aliphatic carbocycles. The van der Waals surface area contributed by atoms with Gasteiger partial charge in [0.1, 0.15) is 11.6 Å². The summed E-state index contributed by atoms with van der Waals surface area (Å²) in [6.07, 6.45) is 3.38. The molecule has 0 aliphatic rings. The number of halogens is 1. The first-order chi connectivity index (χ1) is 8.75. The second-order valence-electron chi connectivity index (χ2n) is 4.07. The van der Waals surface area contributed by atoms with Crippen molar-refractivity contribution in [3.63, 3.8) is 0 Å². The third-order valence-corrected chi connectivity index (χ3v) is 2.92. The highest BCUT2D eigenvalue weighted by Gasteiger charge is 2.09. The van der Waals surface area contributed by atoms with Crippen LogP contribution in [0, 0.1) is 5.82 Å². The molecule has 0 atom stereocenters. The Kier molecular flexibility index (Phi) is 2.45. The maximum absolute atomic E-state index is 13.3. The van der Waals surface area contributed by atoms with Crippen LogP contribution in [0.1, 0.15) is 0 Å². The van der Waals surface area contributed by atoms with E-state index in [1.165, 1.54) is 18.2 Å². The molecule has 2 aromatic carbocycles. The zero-order valence-electron chi connectivity index (χ0n) is 9.47. The third kappa shape index (κ3) is 1.70. The van der Waals surface area contributed by atoms with Crippen LogP contribution in [0.2, 0.25) is 0 Å². The molecule has 0 amide bonds. The summed E-state index contributed by atoms with van der Waals surface area (Å²) in [6.45, 7) is 0. The predicted octanol–water partition coefficient (Wildman–Crippen LogP) is 3.75. The molecule has 0 unspecified atom stereocenters. The fraction of sp³-hybridized carbons (Fsp3) is 0. The summed E-state index contributed by atoms with van der Waals surface area (Å²) in [6, 6.07) is 11.6. The smallest absolute Gasteiger partial charge is 0.124 e. The van der Waals surface area contributed by atoms with E-state index >= 15 is 0 Å². The average molecular weight is 239 g/mol. The lowest BCUT2D eigenvalue weighted by Crippen LogP contribution is -1.86. The van der Waals surface area contributed by atoms with Gasteiger partial charge >= 0.3 is 0 Å². The first kappa shape index (κ1) is 10.7. The number of aromatic nitrogens is 1.